The summed E-state index contributed by atoms with van der Waals surface area (Å²) in [5, 5.41) is 0. The summed E-state index contributed by atoms with van der Waals surface area (Å²) in [6.07, 6.45) is 6.44. The molecule has 3 N–H and O–H groups in total. The average Bonchev–Trinajstić information content (AvgIpc) is 2.44. The Morgan fingerprint density at radius 3 is 2.05 bits per heavy atom. The third kappa shape index (κ3) is 17.3. The van der Waals surface area contributed by atoms with Crippen molar-refractivity contribution in [1.29, 1.82) is 0 Å². The second-order valence-corrected chi connectivity index (χ2v) is 6.30. The van der Waals surface area contributed by atoms with Crippen LogP contribution in [0.2, 0.25) is 0 Å². The number of esters is 1. The van der Waals surface area contributed by atoms with Crippen LogP contribution in [-0.2, 0) is 19.6 Å². The quantitative estimate of drug-likeness (QED) is 0.279. The van der Waals surface area contributed by atoms with Gasteiger partial charge in [-0.3, -0.25) is 10.6 Å². The molecule has 0 fully saturated rings. The minimum absolute atomic E-state index is 0.0869. The molecule has 6 nitrogen and oxygen atoms in total. The maximum absolute atomic E-state index is 10.6. The highest BCUT2D eigenvalue weighted by atomic mass is 32.2. The molecule has 0 aromatic carbocycles. The van der Waals surface area contributed by atoms with Crippen LogP contribution in [0.25, 0.3) is 0 Å². The van der Waals surface area contributed by atoms with Gasteiger partial charge in [-0.1, -0.05) is 46.5 Å². The summed E-state index contributed by atoms with van der Waals surface area (Å²) in [5.74, 6) is 4.80. The van der Waals surface area contributed by atoms with E-state index < -0.39 is 10.0 Å². The fraction of sp³-hybridized carbons (Fsp3) is 0.923. The van der Waals surface area contributed by atoms with Crippen LogP contribution in [0.1, 0.15) is 65.7 Å². The molecule has 20 heavy (non-hydrogen) atoms. The Labute approximate surface area is 123 Å². The van der Waals surface area contributed by atoms with Crippen molar-refractivity contribution >= 4 is 16.0 Å². The van der Waals surface area contributed by atoms with E-state index in [0.717, 1.165) is 25.7 Å². The average molecular weight is 310 g/mol. The Morgan fingerprint density at radius 1 is 1.05 bits per heavy atom. The maximum Gasteiger partial charge on any atom is 0.305 e. The second-order valence-electron chi connectivity index (χ2n) is 4.42. The monoisotopic (exact) mass is 310 g/mol. The van der Waals surface area contributed by atoms with E-state index in [9.17, 15) is 13.2 Å². The molecule has 0 heterocycles. The Bertz CT molecular complexity index is 318. The van der Waals surface area contributed by atoms with E-state index in [2.05, 4.69) is 6.92 Å². The molecule has 0 aliphatic rings. The zero-order valence-corrected chi connectivity index (χ0v) is 13.8. The molecule has 7 heteroatoms. The van der Waals surface area contributed by atoms with E-state index in [0.29, 0.717) is 19.4 Å². The molecule has 122 valence electrons. The van der Waals surface area contributed by atoms with Gasteiger partial charge in [0.25, 0.3) is 0 Å². The van der Waals surface area contributed by atoms with Gasteiger partial charge in [0.1, 0.15) is 0 Å². The zero-order chi connectivity index (χ0) is 15.9. The lowest BCUT2D eigenvalue weighted by Gasteiger charge is -2.00. The number of sulfonamides is 1. The van der Waals surface area contributed by atoms with E-state index in [1.165, 1.54) is 6.42 Å². The highest BCUT2D eigenvalue weighted by Crippen LogP contribution is 1.96. The molecule has 0 atom stereocenters. The molecule has 0 amide bonds. The first-order valence-electron chi connectivity index (χ1n) is 7.29. The van der Waals surface area contributed by atoms with Crippen molar-refractivity contribution in [2.24, 2.45) is 5.84 Å². The number of carbonyl (C=O) groups is 1. The molecular weight excluding hydrogens is 280 g/mol. The molecule has 0 saturated carbocycles. The summed E-state index contributed by atoms with van der Waals surface area (Å²) in [6, 6.07) is 0. The van der Waals surface area contributed by atoms with Crippen molar-refractivity contribution in [3.8, 4) is 0 Å². The summed E-state index contributed by atoms with van der Waals surface area (Å²) in [7, 11) is -3.16. The molecule has 0 saturated heterocycles. The largest absolute Gasteiger partial charge is 0.466 e. The number of unbranched alkanes of at least 4 members (excludes halogenated alkanes) is 4. The van der Waals surface area contributed by atoms with Gasteiger partial charge in [0.05, 0.1) is 12.4 Å². The topological polar surface area (TPSA) is 98.5 Å². The van der Waals surface area contributed by atoms with Gasteiger partial charge in [-0.2, -0.15) is 4.83 Å². The van der Waals surface area contributed by atoms with E-state index in [1.807, 2.05) is 13.8 Å². The van der Waals surface area contributed by atoms with Crippen LogP contribution >= 0.6 is 0 Å². The minimum Gasteiger partial charge on any atom is -0.466 e. The summed E-state index contributed by atoms with van der Waals surface area (Å²) in [5.41, 5.74) is 0. The summed E-state index contributed by atoms with van der Waals surface area (Å²) >= 11 is 0. The normalized spacial score (nSPS) is 10.6. The standard InChI is InChI=1S/C8H16O2.C5H14N2O2S/c1-3-5-6-7-10-8(9)4-2;1-2-3-4-5-10(8,9)7-6/h3-7H2,1-2H3;7H,2-6H2,1H3. The minimum atomic E-state index is -3.16. The number of hydrogen-bond donors (Lipinski definition) is 2. The predicted molar refractivity (Wildman–Crippen MR) is 81.4 cm³/mol. The summed E-state index contributed by atoms with van der Waals surface area (Å²) in [4.78, 5) is 12.3. The van der Waals surface area contributed by atoms with E-state index in [-0.39, 0.29) is 11.7 Å². The van der Waals surface area contributed by atoms with Crippen molar-refractivity contribution in [2.45, 2.75) is 65.7 Å². The molecule has 0 unspecified atom stereocenters. The SMILES string of the molecule is CCCCCOC(=O)CC.CCCCCS(=O)(=O)NN. The lowest BCUT2D eigenvalue weighted by molar-refractivity contribution is -0.143. The first-order valence-corrected chi connectivity index (χ1v) is 8.94. The van der Waals surface area contributed by atoms with Crippen LogP contribution in [0, 0.1) is 0 Å². The van der Waals surface area contributed by atoms with Crippen LogP contribution in [0.4, 0.5) is 0 Å². The zero-order valence-electron chi connectivity index (χ0n) is 13.0. The van der Waals surface area contributed by atoms with Crippen LogP contribution in [-0.4, -0.2) is 26.7 Å². The number of nitrogens with two attached hydrogens (primary N) is 1. The van der Waals surface area contributed by atoms with Gasteiger partial charge in [-0.15, -0.1) is 0 Å². The Balaban J connectivity index is 0. The molecule has 0 aromatic rings. The van der Waals surface area contributed by atoms with Gasteiger partial charge in [0, 0.05) is 6.42 Å². The lowest BCUT2D eigenvalue weighted by Crippen LogP contribution is -2.32. The molecule has 0 bridgehead atoms. The number of hydrazine groups is 1. The van der Waals surface area contributed by atoms with E-state index >= 15 is 0 Å². The molecule has 0 radical (unpaired) electrons. The third-order valence-corrected chi connectivity index (χ3v) is 3.68. The Morgan fingerprint density at radius 2 is 1.60 bits per heavy atom. The van der Waals surface area contributed by atoms with Crippen LogP contribution in [0.3, 0.4) is 0 Å². The van der Waals surface area contributed by atoms with Crippen LogP contribution < -0.4 is 10.7 Å². The van der Waals surface area contributed by atoms with Gasteiger partial charge < -0.3 is 4.74 Å². The predicted octanol–water partition coefficient (Wildman–Crippen LogP) is 2.10. The molecular formula is C13H30N2O4S. The highest BCUT2D eigenvalue weighted by molar-refractivity contribution is 7.89. The summed E-state index contributed by atoms with van der Waals surface area (Å²) in [6.45, 7) is 6.55. The van der Waals surface area contributed by atoms with Gasteiger partial charge in [0.2, 0.25) is 10.0 Å². The van der Waals surface area contributed by atoms with Crippen LogP contribution in [0.5, 0.6) is 0 Å². The number of nitrogens with one attached hydrogen (secondary N) is 1. The van der Waals surface area contributed by atoms with Gasteiger partial charge in [0.15, 0.2) is 0 Å². The van der Waals surface area contributed by atoms with Crippen molar-refractivity contribution < 1.29 is 17.9 Å². The van der Waals surface area contributed by atoms with Crippen molar-refractivity contribution in [1.82, 2.24) is 4.83 Å². The lowest BCUT2D eigenvalue weighted by atomic mass is 10.3. The Hall–Kier alpha value is -0.660. The fourth-order valence-electron chi connectivity index (χ4n) is 1.24. The Kier molecular flexibility index (Phi) is 15.9. The first kappa shape index (κ1) is 21.6. The molecule has 0 rings (SSSR count). The molecule has 0 aliphatic heterocycles. The van der Waals surface area contributed by atoms with Crippen LogP contribution in [0.15, 0.2) is 0 Å². The highest BCUT2D eigenvalue weighted by Gasteiger charge is 2.04. The fourth-order valence-corrected chi connectivity index (χ4v) is 1.94. The number of rotatable bonds is 10. The maximum atomic E-state index is 10.6. The third-order valence-electron chi connectivity index (χ3n) is 2.50. The second kappa shape index (κ2) is 14.7. The molecule has 0 aromatic heterocycles. The van der Waals surface area contributed by atoms with Crippen molar-refractivity contribution in [3.63, 3.8) is 0 Å². The van der Waals surface area contributed by atoms with E-state index in [1.54, 1.807) is 4.83 Å². The smallest absolute Gasteiger partial charge is 0.305 e. The van der Waals surface area contributed by atoms with E-state index in [4.69, 9.17) is 10.6 Å². The van der Waals surface area contributed by atoms with Gasteiger partial charge in [-0.05, 0) is 12.8 Å². The van der Waals surface area contributed by atoms with Crippen molar-refractivity contribution in [2.75, 3.05) is 12.4 Å². The molecule has 0 spiro atoms. The van der Waals surface area contributed by atoms with Crippen molar-refractivity contribution in [3.05, 3.63) is 0 Å². The van der Waals surface area contributed by atoms with Gasteiger partial charge in [-0.25, -0.2) is 8.42 Å². The number of ether oxygens (including phenoxy) is 1. The first-order chi connectivity index (χ1) is 9.43. The number of carbonyl (C=O) groups excluding carboxylic acids is 1. The van der Waals surface area contributed by atoms with Gasteiger partial charge >= 0.3 is 5.97 Å². The number of hydrogen-bond acceptors (Lipinski definition) is 5. The summed E-state index contributed by atoms with van der Waals surface area (Å²) < 4.78 is 26.1. The molecule has 0 aliphatic carbocycles.